The van der Waals surface area contributed by atoms with Gasteiger partial charge in [-0.15, -0.1) is 0 Å². The number of carbonyl (C=O) groups is 1. The van der Waals surface area contributed by atoms with Crippen molar-refractivity contribution >= 4 is 15.9 Å². The summed E-state index contributed by atoms with van der Waals surface area (Å²) in [6, 6.07) is 0. The summed E-state index contributed by atoms with van der Waals surface area (Å²) >= 11 is 0. The molecule has 0 unspecified atom stereocenters. The third-order valence-corrected chi connectivity index (χ3v) is 7.69. The molecule has 1 spiro atoms. The maximum atomic E-state index is 12.6. The average molecular weight is 329 g/mol. The summed E-state index contributed by atoms with van der Waals surface area (Å²) in [4.78, 5) is 14.8. The first-order chi connectivity index (χ1) is 10.2. The molecule has 126 valence electrons. The predicted octanol–water partition coefficient (Wildman–Crippen LogP) is 0.116. The second-order valence-electron chi connectivity index (χ2n) is 7.51. The molecule has 1 saturated carbocycles. The second kappa shape index (κ2) is 5.18. The van der Waals surface area contributed by atoms with Gasteiger partial charge in [-0.2, -0.15) is 0 Å². The highest BCUT2D eigenvalue weighted by atomic mass is 32.2. The van der Waals surface area contributed by atoms with Crippen molar-refractivity contribution in [2.24, 2.45) is 16.7 Å². The Morgan fingerprint density at radius 3 is 2.36 bits per heavy atom. The number of nitrogens with zero attached hydrogens (tertiary/aromatic N) is 2. The van der Waals surface area contributed by atoms with E-state index in [1.54, 1.807) is 11.4 Å². The number of rotatable bonds is 2. The summed E-state index contributed by atoms with van der Waals surface area (Å²) in [5.41, 5.74) is -0.130. The van der Waals surface area contributed by atoms with E-state index >= 15 is 0 Å². The van der Waals surface area contributed by atoms with E-state index in [9.17, 15) is 13.2 Å². The molecule has 2 aliphatic heterocycles. The third kappa shape index (κ3) is 2.29. The van der Waals surface area contributed by atoms with E-state index in [1.165, 1.54) is 6.26 Å². The fourth-order valence-corrected chi connectivity index (χ4v) is 6.12. The second-order valence-corrected chi connectivity index (χ2v) is 9.49. The van der Waals surface area contributed by atoms with Crippen LogP contribution in [0.2, 0.25) is 0 Å². The van der Waals surface area contributed by atoms with Crippen LogP contribution in [0.1, 0.15) is 25.7 Å². The van der Waals surface area contributed by atoms with Gasteiger partial charge in [0.05, 0.1) is 11.7 Å². The first-order valence-electron chi connectivity index (χ1n) is 8.09. The van der Waals surface area contributed by atoms with Crippen LogP contribution < -0.4 is 5.32 Å². The smallest absolute Gasteiger partial charge is 0.227 e. The quantitative estimate of drug-likeness (QED) is 0.781. The number of sulfonamides is 1. The van der Waals surface area contributed by atoms with Crippen molar-refractivity contribution in [1.29, 1.82) is 0 Å². The number of fused-ring (bicyclic) bond motifs is 2. The van der Waals surface area contributed by atoms with Crippen molar-refractivity contribution in [1.82, 2.24) is 14.5 Å². The molecule has 3 rings (SSSR count). The summed E-state index contributed by atoms with van der Waals surface area (Å²) in [5, 5.41) is 2.87. The van der Waals surface area contributed by atoms with Gasteiger partial charge in [-0.3, -0.25) is 4.79 Å². The minimum atomic E-state index is -3.10. The van der Waals surface area contributed by atoms with Crippen molar-refractivity contribution < 1.29 is 13.2 Å². The van der Waals surface area contributed by atoms with E-state index in [1.807, 2.05) is 0 Å². The van der Waals surface area contributed by atoms with Crippen LogP contribution >= 0.6 is 0 Å². The number of likely N-dealkylation sites (tertiary alicyclic amines) is 1. The van der Waals surface area contributed by atoms with E-state index in [-0.39, 0.29) is 16.7 Å². The molecular formula is C15H27N3O3S. The summed E-state index contributed by atoms with van der Waals surface area (Å²) in [7, 11) is 0.714. The molecule has 0 aromatic rings. The molecule has 0 aromatic heterocycles. The van der Waals surface area contributed by atoms with E-state index < -0.39 is 10.0 Å². The Balaban J connectivity index is 1.84. The first-order valence-corrected chi connectivity index (χ1v) is 9.94. The van der Waals surface area contributed by atoms with Crippen LogP contribution in [0.15, 0.2) is 0 Å². The normalized spacial score (nSPS) is 35.7. The van der Waals surface area contributed by atoms with Crippen molar-refractivity contribution in [3.63, 3.8) is 0 Å². The van der Waals surface area contributed by atoms with Crippen LogP contribution in [0.3, 0.4) is 0 Å². The van der Waals surface area contributed by atoms with Gasteiger partial charge < -0.3 is 10.2 Å². The molecule has 2 atom stereocenters. The number of hydrogen-bond acceptors (Lipinski definition) is 4. The molecule has 1 aliphatic carbocycles. The highest BCUT2D eigenvalue weighted by Crippen LogP contribution is 2.61. The Bertz CT molecular complexity index is 569. The molecule has 0 radical (unpaired) electrons. The zero-order valence-corrected chi connectivity index (χ0v) is 14.6. The van der Waals surface area contributed by atoms with Gasteiger partial charge >= 0.3 is 0 Å². The monoisotopic (exact) mass is 329 g/mol. The minimum absolute atomic E-state index is 0.137. The van der Waals surface area contributed by atoms with Crippen LogP contribution in [0.25, 0.3) is 0 Å². The third-order valence-electron chi connectivity index (χ3n) is 6.39. The Kier molecular flexibility index (Phi) is 3.81. The lowest BCUT2D eigenvalue weighted by Crippen LogP contribution is -2.49. The summed E-state index contributed by atoms with van der Waals surface area (Å²) in [6.45, 7) is 2.98. The van der Waals surface area contributed by atoms with Crippen molar-refractivity contribution in [2.75, 3.05) is 46.5 Å². The standard InChI is InChI=1S/C15H27N3O3S/c1-16-13(19)15-5-4-14(12(15)10-17(2)11-15)6-8-18(9-7-14)22(3,20)21/h12H,4-11H2,1-3H3,(H,16,19)/t12-,15+/m0/s1. The summed E-state index contributed by atoms with van der Waals surface area (Å²) < 4.78 is 25.1. The van der Waals surface area contributed by atoms with Gasteiger partial charge in [0.25, 0.3) is 0 Å². The molecule has 3 aliphatic rings. The molecule has 3 fully saturated rings. The number of hydrogen-bond donors (Lipinski definition) is 1. The van der Waals surface area contributed by atoms with Gasteiger partial charge in [0.1, 0.15) is 0 Å². The van der Waals surface area contributed by atoms with Gasteiger partial charge in [0.2, 0.25) is 15.9 Å². The van der Waals surface area contributed by atoms with Gasteiger partial charge in [-0.25, -0.2) is 12.7 Å². The molecule has 6 nitrogen and oxygen atoms in total. The van der Waals surface area contributed by atoms with Crippen LogP contribution in [0.5, 0.6) is 0 Å². The van der Waals surface area contributed by atoms with E-state index in [2.05, 4.69) is 17.3 Å². The van der Waals surface area contributed by atoms with Gasteiger partial charge in [0.15, 0.2) is 0 Å². The predicted molar refractivity (Wildman–Crippen MR) is 84.8 cm³/mol. The van der Waals surface area contributed by atoms with Gasteiger partial charge in [-0.1, -0.05) is 0 Å². The topological polar surface area (TPSA) is 69.7 Å². The Morgan fingerprint density at radius 1 is 1.18 bits per heavy atom. The molecule has 1 N–H and O–H groups in total. The number of amides is 1. The zero-order valence-electron chi connectivity index (χ0n) is 13.8. The molecule has 2 saturated heterocycles. The number of piperidine rings is 1. The minimum Gasteiger partial charge on any atom is -0.359 e. The van der Waals surface area contributed by atoms with Crippen molar-refractivity contribution in [2.45, 2.75) is 25.7 Å². The number of carbonyl (C=O) groups excluding carboxylic acids is 1. The lowest BCUT2D eigenvalue weighted by atomic mass is 9.66. The molecule has 22 heavy (non-hydrogen) atoms. The van der Waals surface area contributed by atoms with E-state index in [0.29, 0.717) is 19.0 Å². The molecule has 0 bridgehead atoms. The highest BCUT2D eigenvalue weighted by molar-refractivity contribution is 7.88. The average Bonchev–Trinajstić information content (AvgIpc) is 2.94. The van der Waals surface area contributed by atoms with Crippen LogP contribution in [0, 0.1) is 16.7 Å². The zero-order chi connectivity index (χ0) is 16.2. The van der Waals surface area contributed by atoms with Crippen molar-refractivity contribution in [3.8, 4) is 0 Å². The van der Waals surface area contributed by atoms with Crippen LogP contribution in [0.4, 0.5) is 0 Å². The molecule has 1 amide bonds. The lowest BCUT2D eigenvalue weighted by Gasteiger charge is -2.43. The Morgan fingerprint density at radius 2 is 1.82 bits per heavy atom. The maximum Gasteiger partial charge on any atom is 0.227 e. The lowest BCUT2D eigenvalue weighted by molar-refractivity contribution is -0.132. The number of nitrogens with one attached hydrogen (secondary N) is 1. The van der Waals surface area contributed by atoms with E-state index in [0.717, 1.165) is 38.8 Å². The summed E-state index contributed by atoms with van der Waals surface area (Å²) in [6.07, 6.45) is 5.05. The highest BCUT2D eigenvalue weighted by Gasteiger charge is 2.63. The summed E-state index contributed by atoms with van der Waals surface area (Å²) in [5.74, 6) is 0.524. The van der Waals surface area contributed by atoms with Gasteiger partial charge in [0, 0.05) is 33.2 Å². The fourth-order valence-electron chi connectivity index (χ4n) is 5.28. The molecule has 2 heterocycles. The Hall–Kier alpha value is -0.660. The first kappa shape index (κ1) is 16.2. The SMILES string of the molecule is CNC(=O)[C@@]12CCC3(CCN(S(C)(=O)=O)CC3)[C@@H]1CN(C)C2. The van der Waals surface area contributed by atoms with Crippen molar-refractivity contribution in [3.05, 3.63) is 0 Å². The fraction of sp³-hybridized carbons (Fsp3) is 0.933. The van der Waals surface area contributed by atoms with Crippen LogP contribution in [-0.2, 0) is 14.8 Å². The molecular weight excluding hydrogens is 302 g/mol. The Labute approximate surface area is 133 Å². The molecule has 7 heteroatoms. The van der Waals surface area contributed by atoms with Crippen LogP contribution in [-0.4, -0.2) is 70.1 Å². The maximum absolute atomic E-state index is 12.6. The largest absolute Gasteiger partial charge is 0.359 e. The van der Waals surface area contributed by atoms with E-state index in [4.69, 9.17) is 0 Å². The van der Waals surface area contributed by atoms with Gasteiger partial charge in [-0.05, 0) is 44.1 Å². The molecule has 0 aromatic carbocycles.